The number of rotatable bonds is 8. The van der Waals surface area contributed by atoms with Gasteiger partial charge in [0, 0.05) is 11.8 Å². The van der Waals surface area contributed by atoms with Gasteiger partial charge in [-0.3, -0.25) is 0 Å². The molecule has 4 unspecified atom stereocenters. The molecule has 28 heavy (non-hydrogen) atoms. The SMILES string of the molecule is CCC(CC)(CC)C1=CC2C(O)C3C=C(C(CC)(CC)CC)C=CC3C2C=C1. The Bertz CT molecular complexity index is 594. The first kappa shape index (κ1) is 21.6. The van der Waals surface area contributed by atoms with Gasteiger partial charge >= 0.3 is 0 Å². The van der Waals surface area contributed by atoms with Crippen molar-refractivity contribution in [3.63, 3.8) is 0 Å². The van der Waals surface area contributed by atoms with Crippen molar-refractivity contribution in [3.05, 3.63) is 47.6 Å². The quantitative estimate of drug-likeness (QED) is 0.468. The lowest BCUT2D eigenvalue weighted by molar-refractivity contribution is 0.116. The molecule has 0 aromatic heterocycles. The molecule has 1 N–H and O–H groups in total. The molecule has 3 rings (SSSR count). The lowest BCUT2D eigenvalue weighted by atomic mass is 9.68. The molecule has 1 heteroatoms. The van der Waals surface area contributed by atoms with Gasteiger partial charge in [0.25, 0.3) is 0 Å². The lowest BCUT2D eigenvalue weighted by Gasteiger charge is -2.36. The molecule has 0 heterocycles. The van der Waals surface area contributed by atoms with Crippen molar-refractivity contribution in [1.82, 2.24) is 0 Å². The Balaban J connectivity index is 1.93. The number of hydrogen-bond acceptors (Lipinski definition) is 1. The Labute approximate surface area is 173 Å². The van der Waals surface area contributed by atoms with E-state index in [-0.39, 0.29) is 28.8 Å². The third-order valence-electron chi connectivity index (χ3n) is 9.15. The molecule has 1 nitrogen and oxygen atoms in total. The summed E-state index contributed by atoms with van der Waals surface area (Å²) in [6, 6.07) is 0. The molecule has 0 saturated heterocycles. The molecular formula is C27H42O. The highest BCUT2D eigenvalue weighted by Crippen LogP contribution is 2.53. The molecule has 3 aliphatic rings. The van der Waals surface area contributed by atoms with E-state index in [0.717, 1.165) is 0 Å². The summed E-state index contributed by atoms with van der Waals surface area (Å²) in [7, 11) is 0. The summed E-state index contributed by atoms with van der Waals surface area (Å²) in [5.41, 5.74) is 3.48. The molecule has 1 saturated carbocycles. The van der Waals surface area contributed by atoms with Gasteiger partial charge in [-0.1, -0.05) is 78.0 Å². The van der Waals surface area contributed by atoms with Gasteiger partial charge in [-0.25, -0.2) is 0 Å². The molecule has 0 bridgehead atoms. The van der Waals surface area contributed by atoms with Crippen LogP contribution in [0.1, 0.15) is 80.1 Å². The van der Waals surface area contributed by atoms with Crippen LogP contribution in [0.25, 0.3) is 0 Å². The second kappa shape index (κ2) is 8.34. The first-order chi connectivity index (χ1) is 13.5. The zero-order valence-electron chi connectivity index (χ0n) is 19.0. The molecular weight excluding hydrogens is 340 g/mol. The van der Waals surface area contributed by atoms with Crippen molar-refractivity contribution in [2.45, 2.75) is 86.2 Å². The fourth-order valence-electron chi connectivity index (χ4n) is 6.54. The topological polar surface area (TPSA) is 20.2 Å². The summed E-state index contributed by atoms with van der Waals surface area (Å²) in [6.07, 6.45) is 21.3. The van der Waals surface area contributed by atoms with Crippen LogP contribution < -0.4 is 0 Å². The summed E-state index contributed by atoms with van der Waals surface area (Å²) in [4.78, 5) is 0. The van der Waals surface area contributed by atoms with Crippen molar-refractivity contribution in [3.8, 4) is 0 Å². The number of allylic oxidation sites excluding steroid dienone is 6. The number of hydrogen-bond donors (Lipinski definition) is 1. The number of aliphatic hydroxyl groups excluding tert-OH is 1. The smallest absolute Gasteiger partial charge is 0.0677 e. The van der Waals surface area contributed by atoms with Gasteiger partial charge in [0.2, 0.25) is 0 Å². The second-order valence-electron chi connectivity index (χ2n) is 9.44. The van der Waals surface area contributed by atoms with Crippen LogP contribution in [0, 0.1) is 34.5 Å². The highest BCUT2D eigenvalue weighted by atomic mass is 16.3. The summed E-state index contributed by atoms with van der Waals surface area (Å²) < 4.78 is 0. The van der Waals surface area contributed by atoms with Gasteiger partial charge in [-0.2, -0.15) is 0 Å². The molecule has 0 aromatic carbocycles. The maximum Gasteiger partial charge on any atom is 0.0677 e. The maximum absolute atomic E-state index is 11.4. The average Bonchev–Trinajstić information content (AvgIpc) is 3.03. The van der Waals surface area contributed by atoms with E-state index in [0.29, 0.717) is 11.8 Å². The Morgan fingerprint density at radius 2 is 0.929 bits per heavy atom. The van der Waals surface area contributed by atoms with Crippen LogP contribution >= 0.6 is 0 Å². The summed E-state index contributed by atoms with van der Waals surface area (Å²) >= 11 is 0. The minimum Gasteiger partial charge on any atom is -0.392 e. The van der Waals surface area contributed by atoms with Crippen LogP contribution in [-0.4, -0.2) is 11.2 Å². The zero-order valence-corrected chi connectivity index (χ0v) is 19.0. The van der Waals surface area contributed by atoms with Gasteiger partial charge in [-0.15, -0.1) is 0 Å². The Morgan fingerprint density at radius 1 is 0.607 bits per heavy atom. The lowest BCUT2D eigenvalue weighted by Crippen LogP contribution is -2.27. The van der Waals surface area contributed by atoms with Gasteiger partial charge in [0.05, 0.1) is 6.10 Å². The first-order valence-corrected chi connectivity index (χ1v) is 11.9. The fourth-order valence-corrected chi connectivity index (χ4v) is 6.54. The molecule has 0 radical (unpaired) electrons. The first-order valence-electron chi connectivity index (χ1n) is 11.9. The third kappa shape index (κ3) is 3.18. The summed E-state index contributed by atoms with van der Waals surface area (Å²) in [5, 5.41) is 11.4. The second-order valence-corrected chi connectivity index (χ2v) is 9.44. The van der Waals surface area contributed by atoms with Crippen LogP contribution in [0.4, 0.5) is 0 Å². The molecule has 0 spiro atoms. The standard InChI is InChI=1S/C27H42O/c1-7-26(8-2,9-3)19-13-15-21-22-16-14-20(27(10-4,11-5)12-6)18-24(22)25(28)23(21)17-19/h13-18,21-25,28H,7-12H2,1-6H3. The molecule has 156 valence electrons. The Kier molecular flexibility index (Phi) is 6.44. The highest BCUT2D eigenvalue weighted by molar-refractivity contribution is 5.40. The van der Waals surface area contributed by atoms with E-state index in [2.05, 4.69) is 78.0 Å². The highest BCUT2D eigenvalue weighted by Gasteiger charge is 2.49. The zero-order chi connectivity index (χ0) is 20.5. The molecule has 0 aromatic rings. The average molecular weight is 383 g/mol. The van der Waals surface area contributed by atoms with Crippen molar-refractivity contribution in [2.75, 3.05) is 0 Å². The van der Waals surface area contributed by atoms with E-state index in [1.807, 2.05) is 0 Å². The molecule has 0 amide bonds. The number of fused-ring (bicyclic) bond motifs is 3. The summed E-state index contributed by atoms with van der Waals surface area (Å²) in [5.74, 6) is 1.41. The van der Waals surface area contributed by atoms with Gasteiger partial charge in [0.15, 0.2) is 0 Å². The van der Waals surface area contributed by atoms with Gasteiger partial charge in [-0.05, 0) is 72.3 Å². The van der Waals surface area contributed by atoms with Gasteiger partial charge < -0.3 is 5.11 Å². The summed E-state index contributed by atoms with van der Waals surface area (Å²) in [6.45, 7) is 13.9. The Hall–Kier alpha value is -1.08. The third-order valence-corrected chi connectivity index (χ3v) is 9.15. The predicted molar refractivity (Wildman–Crippen MR) is 121 cm³/mol. The normalized spacial score (nSPS) is 32.0. The van der Waals surface area contributed by atoms with E-state index >= 15 is 0 Å². The van der Waals surface area contributed by atoms with Gasteiger partial charge in [0.1, 0.15) is 0 Å². The largest absolute Gasteiger partial charge is 0.392 e. The van der Waals surface area contributed by atoms with E-state index in [4.69, 9.17) is 0 Å². The molecule has 0 aliphatic heterocycles. The molecule has 4 atom stereocenters. The minimum absolute atomic E-state index is 0.263. The van der Waals surface area contributed by atoms with E-state index < -0.39 is 0 Å². The molecule has 1 fully saturated rings. The monoisotopic (exact) mass is 382 g/mol. The van der Waals surface area contributed by atoms with Crippen molar-refractivity contribution in [2.24, 2.45) is 34.5 Å². The number of aliphatic hydroxyl groups is 1. The van der Waals surface area contributed by atoms with Crippen LogP contribution in [0.2, 0.25) is 0 Å². The van der Waals surface area contributed by atoms with E-state index in [9.17, 15) is 5.11 Å². The Morgan fingerprint density at radius 3 is 1.21 bits per heavy atom. The van der Waals surface area contributed by atoms with Crippen molar-refractivity contribution < 1.29 is 5.11 Å². The minimum atomic E-state index is -0.263. The van der Waals surface area contributed by atoms with Crippen molar-refractivity contribution >= 4 is 0 Å². The van der Waals surface area contributed by atoms with Crippen LogP contribution in [0.15, 0.2) is 47.6 Å². The molecule has 3 aliphatic carbocycles. The fraction of sp³-hybridized carbons (Fsp3) is 0.704. The van der Waals surface area contributed by atoms with E-state index in [1.165, 1.54) is 49.7 Å². The van der Waals surface area contributed by atoms with E-state index in [1.54, 1.807) is 0 Å². The predicted octanol–water partition coefficient (Wildman–Crippen LogP) is 7.25. The van der Waals surface area contributed by atoms with Crippen molar-refractivity contribution in [1.29, 1.82) is 0 Å². The van der Waals surface area contributed by atoms with Crippen LogP contribution in [0.5, 0.6) is 0 Å². The maximum atomic E-state index is 11.4. The van der Waals surface area contributed by atoms with Crippen LogP contribution in [0.3, 0.4) is 0 Å². The van der Waals surface area contributed by atoms with Crippen LogP contribution in [-0.2, 0) is 0 Å².